The van der Waals surface area contributed by atoms with Gasteiger partial charge in [-0.05, 0) is 48.6 Å². The minimum absolute atomic E-state index is 0.286. The predicted octanol–water partition coefficient (Wildman–Crippen LogP) is 2.68. The molecule has 1 aliphatic carbocycles. The summed E-state index contributed by atoms with van der Waals surface area (Å²) in [6.45, 7) is 2.06. The highest BCUT2D eigenvalue weighted by molar-refractivity contribution is 7.98. The van der Waals surface area contributed by atoms with Crippen molar-refractivity contribution in [2.24, 2.45) is 5.41 Å². The summed E-state index contributed by atoms with van der Waals surface area (Å²) >= 11 is 1.71. The van der Waals surface area contributed by atoms with Crippen LogP contribution in [0.15, 0.2) is 17.0 Å². The molecule has 0 amide bonds. The molecule has 0 radical (unpaired) electrons. The third kappa shape index (κ3) is 4.05. The lowest BCUT2D eigenvalue weighted by atomic mass is 10.0. The first-order valence-corrected chi connectivity index (χ1v) is 8.51. The predicted molar refractivity (Wildman–Crippen MR) is 86.4 cm³/mol. The number of hydrogen-bond acceptors (Lipinski definition) is 5. The molecule has 0 aromatic heterocycles. The Labute approximate surface area is 131 Å². The standard InChI is InChI=1S/C16H25NO3S/c1-19-13-8-12(15(21-3)9-14(13)20-2)10-17-11-16(4-5-16)6-7-18/h8-9,17-18H,4-7,10-11H2,1-3H3. The average molecular weight is 311 g/mol. The Hall–Kier alpha value is -0.910. The second kappa shape index (κ2) is 7.38. The third-order valence-corrected chi connectivity index (χ3v) is 5.02. The zero-order chi connectivity index (χ0) is 15.3. The van der Waals surface area contributed by atoms with Crippen LogP contribution in [0.4, 0.5) is 0 Å². The Bertz CT molecular complexity index is 475. The van der Waals surface area contributed by atoms with E-state index in [2.05, 4.69) is 11.6 Å². The van der Waals surface area contributed by atoms with Gasteiger partial charge in [-0.15, -0.1) is 11.8 Å². The van der Waals surface area contributed by atoms with Gasteiger partial charge < -0.3 is 19.9 Å². The zero-order valence-corrected chi connectivity index (χ0v) is 13.9. The highest BCUT2D eigenvalue weighted by atomic mass is 32.2. The van der Waals surface area contributed by atoms with Crippen LogP contribution in [0.25, 0.3) is 0 Å². The van der Waals surface area contributed by atoms with Crippen LogP contribution in [-0.2, 0) is 6.54 Å². The van der Waals surface area contributed by atoms with Crippen LogP contribution in [0, 0.1) is 5.41 Å². The van der Waals surface area contributed by atoms with Crippen molar-refractivity contribution in [3.8, 4) is 11.5 Å². The van der Waals surface area contributed by atoms with E-state index in [0.717, 1.165) is 31.0 Å². The maximum atomic E-state index is 9.10. The number of aliphatic hydroxyl groups is 1. The molecule has 0 atom stereocenters. The number of methoxy groups -OCH3 is 2. The molecule has 1 fully saturated rings. The van der Waals surface area contributed by atoms with E-state index in [1.165, 1.54) is 23.3 Å². The Morgan fingerprint density at radius 2 is 1.90 bits per heavy atom. The normalized spacial score (nSPS) is 15.8. The first-order valence-electron chi connectivity index (χ1n) is 7.28. The third-order valence-electron chi connectivity index (χ3n) is 4.20. The lowest BCUT2D eigenvalue weighted by Gasteiger charge is -2.17. The van der Waals surface area contributed by atoms with Gasteiger partial charge in [0.05, 0.1) is 14.2 Å². The van der Waals surface area contributed by atoms with E-state index >= 15 is 0 Å². The summed E-state index contributed by atoms with van der Waals surface area (Å²) in [5.41, 5.74) is 1.56. The van der Waals surface area contributed by atoms with E-state index in [4.69, 9.17) is 14.6 Å². The fourth-order valence-corrected chi connectivity index (χ4v) is 3.24. The molecule has 1 aromatic rings. The van der Waals surface area contributed by atoms with Gasteiger partial charge in [-0.25, -0.2) is 0 Å². The number of aliphatic hydroxyl groups excluding tert-OH is 1. The molecule has 1 saturated carbocycles. The van der Waals surface area contributed by atoms with E-state index in [1.807, 2.05) is 12.1 Å². The van der Waals surface area contributed by atoms with Gasteiger partial charge in [-0.2, -0.15) is 0 Å². The van der Waals surface area contributed by atoms with Crippen LogP contribution in [0.2, 0.25) is 0 Å². The van der Waals surface area contributed by atoms with Crippen molar-refractivity contribution in [3.63, 3.8) is 0 Å². The summed E-state index contributed by atoms with van der Waals surface area (Å²) in [6, 6.07) is 4.07. The van der Waals surface area contributed by atoms with E-state index in [0.29, 0.717) is 5.41 Å². The summed E-state index contributed by atoms with van der Waals surface area (Å²) in [6.07, 6.45) is 5.42. The van der Waals surface area contributed by atoms with Crippen molar-refractivity contribution in [2.75, 3.05) is 33.6 Å². The molecular formula is C16H25NO3S. The number of benzene rings is 1. The maximum absolute atomic E-state index is 9.10. The number of rotatable bonds is 9. The highest BCUT2D eigenvalue weighted by Crippen LogP contribution is 2.48. The van der Waals surface area contributed by atoms with E-state index in [1.54, 1.807) is 26.0 Å². The van der Waals surface area contributed by atoms with Crippen LogP contribution in [0.3, 0.4) is 0 Å². The van der Waals surface area contributed by atoms with E-state index < -0.39 is 0 Å². The molecule has 0 saturated heterocycles. The highest BCUT2D eigenvalue weighted by Gasteiger charge is 2.41. The van der Waals surface area contributed by atoms with Gasteiger partial charge in [-0.1, -0.05) is 0 Å². The topological polar surface area (TPSA) is 50.7 Å². The van der Waals surface area contributed by atoms with Crippen molar-refractivity contribution < 1.29 is 14.6 Å². The fraction of sp³-hybridized carbons (Fsp3) is 0.625. The maximum Gasteiger partial charge on any atom is 0.161 e. The zero-order valence-electron chi connectivity index (χ0n) is 13.1. The second-order valence-corrected chi connectivity index (χ2v) is 6.44. The molecule has 0 aliphatic heterocycles. The van der Waals surface area contributed by atoms with Crippen LogP contribution in [-0.4, -0.2) is 38.7 Å². The quantitative estimate of drug-likeness (QED) is 0.687. The number of ether oxygens (including phenoxy) is 2. The first-order chi connectivity index (χ1) is 10.2. The van der Waals surface area contributed by atoms with Crippen molar-refractivity contribution in [1.29, 1.82) is 0 Å². The molecule has 0 unspecified atom stereocenters. The van der Waals surface area contributed by atoms with Gasteiger partial charge in [0, 0.05) is 24.6 Å². The molecule has 0 heterocycles. The van der Waals surface area contributed by atoms with Crippen molar-refractivity contribution in [2.45, 2.75) is 30.7 Å². The van der Waals surface area contributed by atoms with Crippen LogP contribution < -0.4 is 14.8 Å². The first kappa shape index (κ1) is 16.5. The van der Waals surface area contributed by atoms with Crippen molar-refractivity contribution >= 4 is 11.8 Å². The van der Waals surface area contributed by atoms with Gasteiger partial charge in [-0.3, -0.25) is 0 Å². The van der Waals surface area contributed by atoms with E-state index in [-0.39, 0.29) is 6.61 Å². The molecule has 118 valence electrons. The summed E-state index contributed by atoms with van der Waals surface area (Å²) in [5.74, 6) is 1.54. The molecule has 1 aromatic carbocycles. The Morgan fingerprint density at radius 3 is 2.43 bits per heavy atom. The number of thioether (sulfide) groups is 1. The van der Waals surface area contributed by atoms with Crippen molar-refractivity contribution in [3.05, 3.63) is 17.7 Å². The minimum atomic E-state index is 0.286. The Kier molecular flexibility index (Phi) is 5.79. The van der Waals surface area contributed by atoms with Crippen molar-refractivity contribution in [1.82, 2.24) is 5.32 Å². The molecule has 4 nitrogen and oxygen atoms in total. The lowest BCUT2D eigenvalue weighted by Crippen LogP contribution is -2.24. The summed E-state index contributed by atoms with van der Waals surface area (Å²) < 4.78 is 10.7. The molecule has 1 aliphatic rings. The SMILES string of the molecule is COc1cc(CNCC2(CCO)CC2)c(SC)cc1OC. The largest absolute Gasteiger partial charge is 0.493 e. The molecule has 21 heavy (non-hydrogen) atoms. The number of hydrogen-bond donors (Lipinski definition) is 2. The van der Waals surface area contributed by atoms with Gasteiger partial charge in [0.1, 0.15) is 0 Å². The second-order valence-electron chi connectivity index (χ2n) is 5.60. The average Bonchev–Trinajstić information content (AvgIpc) is 3.26. The van der Waals surface area contributed by atoms with E-state index in [9.17, 15) is 0 Å². The van der Waals surface area contributed by atoms with Crippen LogP contribution >= 0.6 is 11.8 Å². The monoisotopic (exact) mass is 311 g/mol. The lowest BCUT2D eigenvalue weighted by molar-refractivity contribution is 0.245. The Balaban J connectivity index is 2.01. The van der Waals surface area contributed by atoms with Gasteiger partial charge in [0.2, 0.25) is 0 Å². The van der Waals surface area contributed by atoms with Crippen LogP contribution in [0.5, 0.6) is 11.5 Å². The molecule has 5 heteroatoms. The molecular weight excluding hydrogens is 286 g/mol. The molecule has 2 rings (SSSR count). The summed E-state index contributed by atoms with van der Waals surface area (Å²) in [5, 5.41) is 12.6. The molecule has 0 bridgehead atoms. The summed E-state index contributed by atoms with van der Waals surface area (Å²) in [4.78, 5) is 1.20. The number of nitrogens with one attached hydrogen (secondary N) is 1. The minimum Gasteiger partial charge on any atom is -0.493 e. The van der Waals surface area contributed by atoms with Gasteiger partial charge in [0.15, 0.2) is 11.5 Å². The van der Waals surface area contributed by atoms with Gasteiger partial charge >= 0.3 is 0 Å². The Morgan fingerprint density at radius 1 is 1.24 bits per heavy atom. The molecule has 2 N–H and O–H groups in total. The van der Waals surface area contributed by atoms with Gasteiger partial charge in [0.25, 0.3) is 0 Å². The smallest absolute Gasteiger partial charge is 0.161 e. The summed E-state index contributed by atoms with van der Waals surface area (Å²) in [7, 11) is 3.32. The van der Waals surface area contributed by atoms with Crippen LogP contribution in [0.1, 0.15) is 24.8 Å². The fourth-order valence-electron chi connectivity index (χ4n) is 2.62. The molecule has 0 spiro atoms.